The van der Waals surface area contributed by atoms with Crippen molar-refractivity contribution >= 4 is 5.84 Å². The molecule has 1 aromatic rings. The molecular weight excluding hydrogens is 214 g/mol. The fourth-order valence-corrected chi connectivity index (χ4v) is 1.84. The minimum atomic E-state index is 0.255. The van der Waals surface area contributed by atoms with E-state index in [9.17, 15) is 0 Å². The number of aromatic nitrogens is 2. The number of rotatable bonds is 7. The van der Waals surface area contributed by atoms with E-state index in [-0.39, 0.29) is 5.84 Å². The highest BCUT2D eigenvalue weighted by molar-refractivity contribution is 5.76. The minimum Gasteiger partial charge on any atom is -0.388 e. The van der Waals surface area contributed by atoms with E-state index in [2.05, 4.69) is 23.8 Å². The minimum absolute atomic E-state index is 0.255. The van der Waals surface area contributed by atoms with Gasteiger partial charge < -0.3 is 5.73 Å². The summed E-state index contributed by atoms with van der Waals surface area (Å²) in [5.74, 6) is 0.864. The summed E-state index contributed by atoms with van der Waals surface area (Å²) in [4.78, 5) is 2.32. The molecule has 0 unspecified atom stereocenters. The molecule has 0 saturated heterocycles. The molecule has 1 rings (SSSR count). The van der Waals surface area contributed by atoms with Crippen LogP contribution in [0.25, 0.3) is 0 Å². The molecule has 5 nitrogen and oxygen atoms in total. The summed E-state index contributed by atoms with van der Waals surface area (Å²) in [6.45, 7) is 7.12. The Morgan fingerprint density at radius 2 is 2.29 bits per heavy atom. The van der Waals surface area contributed by atoms with Gasteiger partial charge in [0.15, 0.2) is 0 Å². The summed E-state index contributed by atoms with van der Waals surface area (Å²) >= 11 is 0. The predicted octanol–water partition coefficient (Wildman–Crippen LogP) is 1.20. The van der Waals surface area contributed by atoms with Gasteiger partial charge in [0.2, 0.25) is 0 Å². The van der Waals surface area contributed by atoms with Crippen molar-refractivity contribution in [3.05, 3.63) is 18.0 Å². The maximum Gasteiger partial charge on any atom is 0.0918 e. The van der Waals surface area contributed by atoms with Crippen LogP contribution in [0.4, 0.5) is 0 Å². The second kappa shape index (κ2) is 6.39. The number of nitrogens with two attached hydrogens (primary N) is 1. The van der Waals surface area contributed by atoms with E-state index in [4.69, 9.17) is 11.1 Å². The second-order valence-electron chi connectivity index (χ2n) is 4.93. The first-order valence-corrected chi connectivity index (χ1v) is 6.00. The van der Waals surface area contributed by atoms with Crippen molar-refractivity contribution in [2.75, 3.05) is 13.1 Å². The highest BCUT2D eigenvalue weighted by Gasteiger charge is 2.09. The van der Waals surface area contributed by atoms with E-state index in [0.717, 1.165) is 19.6 Å². The summed E-state index contributed by atoms with van der Waals surface area (Å²) in [6.07, 6.45) is 4.55. The van der Waals surface area contributed by atoms with Crippen molar-refractivity contribution in [1.82, 2.24) is 14.7 Å². The molecule has 0 bridgehead atoms. The topological polar surface area (TPSA) is 70.9 Å². The molecule has 1 aromatic heterocycles. The van der Waals surface area contributed by atoms with Crippen molar-refractivity contribution in [2.45, 2.75) is 26.8 Å². The standard InChI is InChI=1S/C12H23N5/c1-10(2)7-17(5-4-12(13)14)9-11-6-15-16(3)8-11/h6,8,10H,4-5,7,9H2,1-3H3,(H3,13,14). The number of hydrogen-bond acceptors (Lipinski definition) is 3. The molecule has 0 spiro atoms. The Balaban J connectivity index is 2.53. The SMILES string of the molecule is CC(C)CN(CCC(=N)N)Cc1cnn(C)c1. The average Bonchev–Trinajstić information content (AvgIpc) is 2.59. The van der Waals surface area contributed by atoms with Crippen molar-refractivity contribution in [3.8, 4) is 0 Å². The molecule has 0 aliphatic carbocycles. The molecule has 0 amide bonds. The van der Waals surface area contributed by atoms with Crippen LogP contribution in [-0.2, 0) is 13.6 Å². The Hall–Kier alpha value is -1.36. The van der Waals surface area contributed by atoms with Gasteiger partial charge in [-0.3, -0.25) is 15.0 Å². The zero-order valence-electron chi connectivity index (χ0n) is 11.0. The van der Waals surface area contributed by atoms with Crippen LogP contribution in [0.1, 0.15) is 25.8 Å². The van der Waals surface area contributed by atoms with Crippen LogP contribution < -0.4 is 5.73 Å². The van der Waals surface area contributed by atoms with E-state index in [1.165, 1.54) is 5.56 Å². The number of amidine groups is 1. The van der Waals surface area contributed by atoms with Gasteiger partial charge in [-0.1, -0.05) is 13.8 Å². The largest absolute Gasteiger partial charge is 0.388 e. The first-order chi connectivity index (χ1) is 7.97. The van der Waals surface area contributed by atoms with Gasteiger partial charge in [0, 0.05) is 44.9 Å². The smallest absolute Gasteiger partial charge is 0.0918 e. The fourth-order valence-electron chi connectivity index (χ4n) is 1.84. The first-order valence-electron chi connectivity index (χ1n) is 6.00. The number of aryl methyl sites for hydroxylation is 1. The highest BCUT2D eigenvalue weighted by atomic mass is 15.2. The van der Waals surface area contributed by atoms with E-state index in [1.807, 2.05) is 24.1 Å². The Morgan fingerprint density at radius 3 is 2.76 bits per heavy atom. The van der Waals surface area contributed by atoms with Crippen LogP contribution in [0.2, 0.25) is 0 Å². The Kier molecular flexibility index (Phi) is 5.15. The predicted molar refractivity (Wildman–Crippen MR) is 69.9 cm³/mol. The molecule has 3 N–H and O–H groups in total. The van der Waals surface area contributed by atoms with Gasteiger partial charge in [0.1, 0.15) is 0 Å². The van der Waals surface area contributed by atoms with Gasteiger partial charge in [-0.15, -0.1) is 0 Å². The second-order valence-corrected chi connectivity index (χ2v) is 4.93. The van der Waals surface area contributed by atoms with E-state index in [0.29, 0.717) is 12.3 Å². The van der Waals surface area contributed by atoms with Crippen molar-refractivity contribution in [1.29, 1.82) is 5.41 Å². The fraction of sp³-hybridized carbons (Fsp3) is 0.667. The van der Waals surface area contributed by atoms with Gasteiger partial charge in [-0.05, 0) is 5.92 Å². The summed E-state index contributed by atoms with van der Waals surface area (Å²) < 4.78 is 1.81. The quantitative estimate of drug-likeness (QED) is 0.553. The Morgan fingerprint density at radius 1 is 1.59 bits per heavy atom. The molecule has 0 atom stereocenters. The van der Waals surface area contributed by atoms with E-state index in [1.54, 1.807) is 0 Å². The third-order valence-corrected chi connectivity index (χ3v) is 2.49. The maximum absolute atomic E-state index is 7.29. The lowest BCUT2D eigenvalue weighted by atomic mass is 10.2. The molecule has 0 aliphatic heterocycles. The van der Waals surface area contributed by atoms with Crippen molar-refractivity contribution in [3.63, 3.8) is 0 Å². The van der Waals surface area contributed by atoms with E-state index < -0.39 is 0 Å². The highest BCUT2D eigenvalue weighted by Crippen LogP contribution is 2.07. The molecule has 0 saturated carbocycles. The van der Waals surface area contributed by atoms with Crippen LogP contribution in [0.5, 0.6) is 0 Å². The average molecular weight is 237 g/mol. The summed E-state index contributed by atoms with van der Waals surface area (Å²) in [6, 6.07) is 0. The molecule has 5 heteroatoms. The lowest BCUT2D eigenvalue weighted by Gasteiger charge is -2.23. The van der Waals surface area contributed by atoms with Crippen LogP contribution in [0.15, 0.2) is 12.4 Å². The zero-order chi connectivity index (χ0) is 12.8. The van der Waals surface area contributed by atoms with Gasteiger partial charge in [0.05, 0.1) is 12.0 Å². The molecule has 0 aliphatic rings. The van der Waals surface area contributed by atoms with E-state index >= 15 is 0 Å². The van der Waals surface area contributed by atoms with Crippen molar-refractivity contribution < 1.29 is 0 Å². The molecule has 17 heavy (non-hydrogen) atoms. The van der Waals surface area contributed by atoms with Gasteiger partial charge in [-0.2, -0.15) is 5.10 Å². The third-order valence-electron chi connectivity index (χ3n) is 2.49. The summed E-state index contributed by atoms with van der Waals surface area (Å²) in [7, 11) is 1.92. The normalized spacial score (nSPS) is 11.4. The van der Waals surface area contributed by atoms with Crippen molar-refractivity contribution in [2.24, 2.45) is 18.7 Å². The maximum atomic E-state index is 7.29. The number of nitrogens with one attached hydrogen (secondary N) is 1. The number of nitrogens with zero attached hydrogens (tertiary/aromatic N) is 3. The summed E-state index contributed by atoms with van der Waals surface area (Å²) in [5, 5.41) is 11.5. The number of hydrogen-bond donors (Lipinski definition) is 2. The monoisotopic (exact) mass is 237 g/mol. The van der Waals surface area contributed by atoms with Gasteiger partial charge >= 0.3 is 0 Å². The van der Waals surface area contributed by atoms with Crippen LogP contribution in [0, 0.1) is 11.3 Å². The molecule has 0 fully saturated rings. The first kappa shape index (κ1) is 13.7. The lowest BCUT2D eigenvalue weighted by molar-refractivity contribution is 0.242. The van der Waals surface area contributed by atoms with Crippen LogP contribution >= 0.6 is 0 Å². The van der Waals surface area contributed by atoms with Gasteiger partial charge in [-0.25, -0.2) is 0 Å². The molecular formula is C12H23N5. The third kappa shape index (κ3) is 5.49. The molecule has 1 heterocycles. The molecule has 0 radical (unpaired) electrons. The molecule has 0 aromatic carbocycles. The van der Waals surface area contributed by atoms with Crippen LogP contribution in [0.3, 0.4) is 0 Å². The lowest BCUT2D eigenvalue weighted by Crippen LogP contribution is -2.30. The zero-order valence-corrected chi connectivity index (χ0v) is 11.0. The Labute approximate surface area is 103 Å². The van der Waals surface area contributed by atoms with Gasteiger partial charge in [0.25, 0.3) is 0 Å². The molecule has 96 valence electrons. The summed E-state index contributed by atoms with van der Waals surface area (Å²) in [5.41, 5.74) is 6.61. The Bertz CT molecular complexity index is 356. The van der Waals surface area contributed by atoms with Crippen LogP contribution in [-0.4, -0.2) is 33.6 Å².